The van der Waals surface area contributed by atoms with Gasteiger partial charge >= 0.3 is 0 Å². The highest BCUT2D eigenvalue weighted by Gasteiger charge is 2.51. The molecule has 1 saturated carbocycles. The van der Waals surface area contributed by atoms with Crippen LogP contribution in [0.1, 0.15) is 0 Å². The Balaban J connectivity index is 2.07. The molecule has 0 aliphatic heterocycles. The van der Waals surface area contributed by atoms with E-state index >= 15 is 0 Å². The quantitative estimate of drug-likeness (QED) is 0.506. The average Bonchev–Trinajstić information content (AvgIpc) is 2.41. The first-order chi connectivity index (χ1) is 5.79. The van der Waals surface area contributed by atoms with Crippen molar-refractivity contribution in [2.45, 2.75) is 12.2 Å². The molecule has 0 saturated heterocycles. The highest BCUT2D eigenvalue weighted by atomic mass is 16.3. The smallest absolute Gasteiger partial charge is 0.0678 e. The molecule has 0 radical (unpaired) electrons. The summed E-state index contributed by atoms with van der Waals surface area (Å²) >= 11 is 0. The van der Waals surface area contributed by atoms with Crippen LogP contribution in [0.25, 0.3) is 0 Å². The topological polar surface area (TPSA) is 40.5 Å². The molecule has 3 rings (SSSR count). The third-order valence-corrected chi connectivity index (χ3v) is 3.58. The molecular weight excluding hydrogens is 152 g/mol. The lowest BCUT2D eigenvalue weighted by molar-refractivity contribution is -0.0395. The monoisotopic (exact) mass is 164 g/mol. The second kappa shape index (κ2) is 2.01. The van der Waals surface area contributed by atoms with Crippen molar-refractivity contribution in [3.8, 4) is 0 Å². The van der Waals surface area contributed by atoms with Gasteiger partial charge in [0.25, 0.3) is 0 Å². The summed E-state index contributed by atoms with van der Waals surface area (Å²) < 4.78 is 0. The van der Waals surface area contributed by atoms with Crippen molar-refractivity contribution >= 4 is 0 Å². The summed E-state index contributed by atoms with van der Waals surface area (Å²) in [6.45, 7) is 0. The second-order valence-corrected chi connectivity index (χ2v) is 4.06. The lowest BCUT2D eigenvalue weighted by Crippen LogP contribution is -2.43. The molecule has 12 heavy (non-hydrogen) atoms. The van der Waals surface area contributed by atoms with Crippen LogP contribution < -0.4 is 0 Å². The van der Waals surface area contributed by atoms with E-state index in [0.29, 0.717) is 0 Å². The second-order valence-electron chi connectivity index (χ2n) is 4.06. The molecule has 3 aliphatic rings. The van der Waals surface area contributed by atoms with Gasteiger partial charge in [0.1, 0.15) is 0 Å². The van der Waals surface area contributed by atoms with Gasteiger partial charge < -0.3 is 10.2 Å². The van der Waals surface area contributed by atoms with Crippen molar-refractivity contribution in [1.82, 2.24) is 0 Å². The lowest BCUT2D eigenvalue weighted by atomic mass is 9.73. The van der Waals surface area contributed by atoms with E-state index in [2.05, 4.69) is 24.3 Å². The Hall–Kier alpha value is -0.600. The molecule has 3 aliphatic carbocycles. The van der Waals surface area contributed by atoms with Crippen LogP contribution in [0.5, 0.6) is 0 Å². The Morgan fingerprint density at radius 2 is 0.833 bits per heavy atom. The van der Waals surface area contributed by atoms with E-state index in [1.807, 2.05) is 0 Å². The summed E-state index contributed by atoms with van der Waals surface area (Å²) in [6.07, 6.45) is 7.75. The number of aliphatic hydroxyl groups is 2. The first-order valence-electron chi connectivity index (χ1n) is 4.52. The zero-order valence-electron chi connectivity index (χ0n) is 6.67. The van der Waals surface area contributed by atoms with Gasteiger partial charge in [0.15, 0.2) is 0 Å². The number of hydrogen-bond donors (Lipinski definition) is 2. The van der Waals surface area contributed by atoms with E-state index in [0.717, 1.165) is 0 Å². The Kier molecular flexibility index (Phi) is 1.15. The van der Waals surface area contributed by atoms with E-state index in [4.69, 9.17) is 0 Å². The zero-order chi connectivity index (χ0) is 8.29. The molecule has 0 spiro atoms. The van der Waals surface area contributed by atoms with E-state index < -0.39 is 0 Å². The molecule has 1 fully saturated rings. The molecule has 0 aromatic heterocycles. The van der Waals surface area contributed by atoms with E-state index in [1.165, 1.54) is 0 Å². The Morgan fingerprint density at radius 1 is 0.583 bits per heavy atom. The summed E-state index contributed by atoms with van der Waals surface area (Å²) in [6, 6.07) is 0. The third-order valence-electron chi connectivity index (χ3n) is 3.58. The van der Waals surface area contributed by atoms with Crippen LogP contribution in [0.15, 0.2) is 24.3 Å². The van der Waals surface area contributed by atoms with E-state index in [9.17, 15) is 10.2 Å². The number of fused-ring (bicyclic) bond motifs is 6. The highest BCUT2D eigenvalue weighted by molar-refractivity contribution is 5.27. The van der Waals surface area contributed by atoms with Crippen LogP contribution in [0, 0.1) is 23.7 Å². The molecule has 4 atom stereocenters. The first-order valence-corrected chi connectivity index (χ1v) is 4.52. The summed E-state index contributed by atoms with van der Waals surface area (Å²) in [5.74, 6) is 0.667. The molecule has 0 amide bonds. The van der Waals surface area contributed by atoms with E-state index in [-0.39, 0.29) is 35.9 Å². The van der Waals surface area contributed by atoms with Crippen LogP contribution in [0.2, 0.25) is 0 Å². The van der Waals surface area contributed by atoms with Gasteiger partial charge in [-0.1, -0.05) is 24.3 Å². The fourth-order valence-electron chi connectivity index (χ4n) is 2.91. The van der Waals surface area contributed by atoms with Crippen LogP contribution in [-0.4, -0.2) is 22.4 Å². The standard InChI is InChI=1S/C10H12O2/c11-9-5-1-2-6(9)8-4-3-7(5)10(8)12/h1-12H/t5-,6-,7?,8?,9?,10?/m1/s1. The van der Waals surface area contributed by atoms with Crippen molar-refractivity contribution in [2.75, 3.05) is 0 Å². The van der Waals surface area contributed by atoms with E-state index in [1.54, 1.807) is 0 Å². The molecule has 0 heterocycles. The fraction of sp³-hybridized carbons (Fsp3) is 0.600. The molecule has 2 heteroatoms. The van der Waals surface area contributed by atoms with Gasteiger partial charge in [-0.05, 0) is 0 Å². The Labute approximate surface area is 71.2 Å². The Bertz CT molecular complexity index is 217. The van der Waals surface area contributed by atoms with Gasteiger partial charge in [-0.25, -0.2) is 0 Å². The largest absolute Gasteiger partial charge is 0.392 e. The van der Waals surface area contributed by atoms with Crippen LogP contribution in [0.3, 0.4) is 0 Å². The van der Waals surface area contributed by atoms with Gasteiger partial charge in [0, 0.05) is 23.7 Å². The Morgan fingerprint density at radius 3 is 1.08 bits per heavy atom. The SMILES string of the molecule is OC1C2C=CC1[C@H]1C=C[C@H]2C1O. The molecule has 2 nitrogen and oxygen atoms in total. The summed E-state index contributed by atoms with van der Waals surface area (Å²) in [7, 11) is 0. The minimum atomic E-state index is -0.251. The van der Waals surface area contributed by atoms with Crippen molar-refractivity contribution in [1.29, 1.82) is 0 Å². The molecule has 2 N–H and O–H groups in total. The minimum Gasteiger partial charge on any atom is -0.392 e. The molecule has 0 aromatic carbocycles. The van der Waals surface area contributed by atoms with Gasteiger partial charge in [-0.2, -0.15) is 0 Å². The number of rotatable bonds is 0. The van der Waals surface area contributed by atoms with Gasteiger partial charge in [-0.15, -0.1) is 0 Å². The van der Waals surface area contributed by atoms with Gasteiger partial charge in [-0.3, -0.25) is 0 Å². The molecule has 2 unspecified atom stereocenters. The predicted molar refractivity (Wildman–Crippen MR) is 44.3 cm³/mol. The first kappa shape index (κ1) is 6.87. The zero-order valence-corrected chi connectivity index (χ0v) is 6.67. The molecule has 0 aromatic rings. The predicted octanol–water partition coefficient (Wildman–Crippen LogP) is 0.326. The summed E-state index contributed by atoms with van der Waals surface area (Å²) in [4.78, 5) is 0. The van der Waals surface area contributed by atoms with Crippen molar-refractivity contribution in [3.63, 3.8) is 0 Å². The number of aliphatic hydroxyl groups excluding tert-OH is 2. The van der Waals surface area contributed by atoms with Crippen molar-refractivity contribution < 1.29 is 10.2 Å². The van der Waals surface area contributed by atoms with Gasteiger partial charge in [0.2, 0.25) is 0 Å². The average molecular weight is 164 g/mol. The number of hydrogen-bond acceptors (Lipinski definition) is 2. The highest BCUT2D eigenvalue weighted by Crippen LogP contribution is 2.49. The fourth-order valence-corrected chi connectivity index (χ4v) is 2.91. The van der Waals surface area contributed by atoms with Crippen LogP contribution in [0.4, 0.5) is 0 Å². The van der Waals surface area contributed by atoms with Crippen LogP contribution >= 0.6 is 0 Å². The summed E-state index contributed by atoms with van der Waals surface area (Å²) in [5, 5.41) is 19.6. The molecule has 4 bridgehead atoms. The minimum absolute atomic E-state index is 0.167. The molecule has 64 valence electrons. The van der Waals surface area contributed by atoms with Crippen LogP contribution in [-0.2, 0) is 0 Å². The van der Waals surface area contributed by atoms with Gasteiger partial charge in [0.05, 0.1) is 12.2 Å². The maximum Gasteiger partial charge on any atom is 0.0678 e. The maximum absolute atomic E-state index is 9.79. The lowest BCUT2D eigenvalue weighted by Gasteiger charge is -2.36. The van der Waals surface area contributed by atoms with Crippen molar-refractivity contribution in [2.24, 2.45) is 23.7 Å². The maximum atomic E-state index is 9.79. The molecular formula is C10H12O2. The normalized spacial score (nSPS) is 59.8. The van der Waals surface area contributed by atoms with Crippen molar-refractivity contribution in [3.05, 3.63) is 24.3 Å². The summed E-state index contributed by atoms with van der Waals surface area (Å²) in [5.41, 5.74) is 0. The third kappa shape index (κ3) is 0.595.